The van der Waals surface area contributed by atoms with Gasteiger partial charge >= 0.3 is 0 Å². The lowest BCUT2D eigenvalue weighted by Crippen LogP contribution is -2.25. The van der Waals surface area contributed by atoms with E-state index in [1.807, 2.05) is 6.07 Å². The summed E-state index contributed by atoms with van der Waals surface area (Å²) in [7, 11) is 2.07. The van der Waals surface area contributed by atoms with Gasteiger partial charge in [-0.1, -0.05) is 39.8 Å². The first-order chi connectivity index (χ1) is 9.00. The predicted octanol–water partition coefficient (Wildman–Crippen LogP) is 3.91. The minimum absolute atomic E-state index is 0.666. The summed E-state index contributed by atoms with van der Waals surface area (Å²) in [5.41, 5.74) is 2.23. The van der Waals surface area contributed by atoms with E-state index in [1.54, 1.807) is 0 Å². The molecule has 1 N–H and O–H groups in total. The summed E-state index contributed by atoms with van der Waals surface area (Å²) in [5.74, 6) is 3.00. The van der Waals surface area contributed by atoms with Gasteiger partial charge in [0.2, 0.25) is 5.95 Å². The van der Waals surface area contributed by atoms with Crippen molar-refractivity contribution in [3.05, 3.63) is 24.3 Å². The lowest BCUT2D eigenvalue weighted by atomic mass is 9.85. The molecule has 0 aliphatic rings. The van der Waals surface area contributed by atoms with Crippen molar-refractivity contribution in [3.8, 4) is 0 Å². The van der Waals surface area contributed by atoms with Gasteiger partial charge < -0.3 is 9.88 Å². The van der Waals surface area contributed by atoms with E-state index >= 15 is 0 Å². The second-order valence-corrected chi connectivity index (χ2v) is 6.02. The van der Waals surface area contributed by atoms with E-state index in [2.05, 4.69) is 67.8 Å². The second kappa shape index (κ2) is 5.64. The SMILES string of the molecule is CC(C)C(CNc1nc2ccccc2n1C)C(C)C. The molecule has 0 aliphatic carbocycles. The van der Waals surface area contributed by atoms with Crippen LogP contribution in [0.2, 0.25) is 0 Å². The number of nitrogens with one attached hydrogen (secondary N) is 1. The standard InChI is InChI=1S/C16H25N3/c1-11(2)13(12(3)4)10-17-16-18-14-8-6-7-9-15(14)19(16)5/h6-9,11-13H,10H2,1-5H3,(H,17,18). The largest absolute Gasteiger partial charge is 0.355 e. The normalized spacial score (nSPS) is 12.0. The van der Waals surface area contributed by atoms with E-state index in [9.17, 15) is 0 Å². The van der Waals surface area contributed by atoms with Crippen molar-refractivity contribution in [3.63, 3.8) is 0 Å². The molecule has 104 valence electrons. The first kappa shape index (κ1) is 13.9. The third-order valence-electron chi connectivity index (χ3n) is 4.00. The van der Waals surface area contributed by atoms with Crippen LogP contribution >= 0.6 is 0 Å². The molecular weight excluding hydrogens is 234 g/mol. The molecule has 0 radical (unpaired) electrons. The van der Waals surface area contributed by atoms with Crippen LogP contribution in [0.15, 0.2) is 24.3 Å². The maximum Gasteiger partial charge on any atom is 0.203 e. The van der Waals surface area contributed by atoms with Crippen LogP contribution in [0.4, 0.5) is 5.95 Å². The maximum atomic E-state index is 4.65. The zero-order valence-electron chi connectivity index (χ0n) is 12.6. The molecule has 0 saturated heterocycles. The third kappa shape index (κ3) is 2.91. The van der Waals surface area contributed by atoms with Crippen LogP contribution < -0.4 is 5.32 Å². The van der Waals surface area contributed by atoms with E-state index < -0.39 is 0 Å². The lowest BCUT2D eigenvalue weighted by molar-refractivity contribution is 0.304. The number of hydrogen-bond donors (Lipinski definition) is 1. The van der Waals surface area contributed by atoms with Gasteiger partial charge in [0.1, 0.15) is 0 Å². The topological polar surface area (TPSA) is 29.9 Å². The van der Waals surface area contributed by atoms with Gasteiger partial charge in [-0.25, -0.2) is 4.98 Å². The molecule has 0 bridgehead atoms. The maximum absolute atomic E-state index is 4.65. The van der Waals surface area contributed by atoms with Crippen molar-refractivity contribution in [2.45, 2.75) is 27.7 Å². The highest BCUT2D eigenvalue weighted by Gasteiger charge is 2.18. The molecule has 2 rings (SSSR count). The molecule has 1 heterocycles. The summed E-state index contributed by atoms with van der Waals surface area (Å²) >= 11 is 0. The Hall–Kier alpha value is -1.51. The molecule has 0 unspecified atom stereocenters. The van der Waals surface area contributed by atoms with Crippen LogP contribution in [0.5, 0.6) is 0 Å². The Labute approximate surface area is 116 Å². The van der Waals surface area contributed by atoms with Gasteiger partial charge in [-0.05, 0) is 29.9 Å². The Morgan fingerprint density at radius 2 is 1.74 bits per heavy atom. The number of hydrogen-bond acceptors (Lipinski definition) is 2. The van der Waals surface area contributed by atoms with Crippen LogP contribution in [0.25, 0.3) is 11.0 Å². The molecule has 0 amide bonds. The molecule has 1 aromatic carbocycles. The Bertz CT molecular complexity index is 532. The van der Waals surface area contributed by atoms with Gasteiger partial charge in [-0.3, -0.25) is 0 Å². The Morgan fingerprint density at radius 3 is 2.32 bits per heavy atom. The smallest absolute Gasteiger partial charge is 0.203 e. The van der Waals surface area contributed by atoms with Gasteiger partial charge in [0, 0.05) is 13.6 Å². The molecule has 0 fully saturated rings. The van der Waals surface area contributed by atoms with E-state index in [-0.39, 0.29) is 0 Å². The van der Waals surface area contributed by atoms with Crippen molar-refractivity contribution < 1.29 is 0 Å². The number of nitrogens with zero attached hydrogens (tertiary/aromatic N) is 2. The Kier molecular flexibility index (Phi) is 4.13. The van der Waals surface area contributed by atoms with Crippen LogP contribution in [0.3, 0.4) is 0 Å². The fourth-order valence-corrected chi connectivity index (χ4v) is 2.75. The molecule has 3 heteroatoms. The molecule has 2 aromatic rings. The summed E-state index contributed by atoms with van der Waals surface area (Å²) < 4.78 is 2.13. The zero-order valence-corrected chi connectivity index (χ0v) is 12.6. The number of benzene rings is 1. The molecule has 1 aromatic heterocycles. The molecule has 0 saturated carbocycles. The fraction of sp³-hybridized carbons (Fsp3) is 0.562. The zero-order chi connectivity index (χ0) is 14.0. The number of aromatic nitrogens is 2. The predicted molar refractivity (Wildman–Crippen MR) is 82.4 cm³/mol. The Morgan fingerprint density at radius 1 is 1.11 bits per heavy atom. The summed E-state index contributed by atoms with van der Waals surface area (Å²) in [6, 6.07) is 8.25. The van der Waals surface area contributed by atoms with Gasteiger partial charge in [0.25, 0.3) is 0 Å². The lowest BCUT2D eigenvalue weighted by Gasteiger charge is -2.25. The van der Waals surface area contributed by atoms with Gasteiger partial charge in [0.05, 0.1) is 11.0 Å². The average molecular weight is 259 g/mol. The number of fused-ring (bicyclic) bond motifs is 1. The van der Waals surface area contributed by atoms with Gasteiger partial charge in [0.15, 0.2) is 0 Å². The minimum atomic E-state index is 0.666. The van der Waals surface area contributed by atoms with Crippen LogP contribution in [-0.4, -0.2) is 16.1 Å². The van der Waals surface area contributed by atoms with Crippen molar-refractivity contribution in [1.82, 2.24) is 9.55 Å². The molecule has 19 heavy (non-hydrogen) atoms. The van der Waals surface area contributed by atoms with E-state index in [4.69, 9.17) is 0 Å². The second-order valence-electron chi connectivity index (χ2n) is 6.02. The fourth-order valence-electron chi connectivity index (χ4n) is 2.75. The number of aryl methyl sites for hydroxylation is 1. The summed E-state index contributed by atoms with van der Waals surface area (Å²) in [6.45, 7) is 10.2. The average Bonchev–Trinajstić information content (AvgIpc) is 2.66. The van der Waals surface area contributed by atoms with Crippen LogP contribution in [-0.2, 0) is 7.05 Å². The summed E-state index contributed by atoms with van der Waals surface area (Å²) in [4.78, 5) is 4.65. The minimum Gasteiger partial charge on any atom is -0.355 e. The molecule has 0 atom stereocenters. The number of rotatable bonds is 5. The van der Waals surface area contributed by atoms with E-state index in [0.29, 0.717) is 17.8 Å². The monoisotopic (exact) mass is 259 g/mol. The van der Waals surface area contributed by atoms with E-state index in [1.165, 1.54) is 5.52 Å². The Balaban J connectivity index is 2.15. The van der Waals surface area contributed by atoms with Crippen molar-refractivity contribution in [2.24, 2.45) is 24.8 Å². The quantitative estimate of drug-likeness (QED) is 0.882. The van der Waals surface area contributed by atoms with Gasteiger partial charge in [-0.2, -0.15) is 0 Å². The van der Waals surface area contributed by atoms with Crippen molar-refractivity contribution in [2.75, 3.05) is 11.9 Å². The molecule has 0 aliphatic heterocycles. The van der Waals surface area contributed by atoms with E-state index in [0.717, 1.165) is 18.0 Å². The first-order valence-electron chi connectivity index (χ1n) is 7.16. The van der Waals surface area contributed by atoms with Crippen molar-refractivity contribution in [1.29, 1.82) is 0 Å². The van der Waals surface area contributed by atoms with Crippen LogP contribution in [0, 0.1) is 17.8 Å². The molecular formula is C16H25N3. The highest BCUT2D eigenvalue weighted by Crippen LogP contribution is 2.22. The van der Waals surface area contributed by atoms with Crippen LogP contribution in [0.1, 0.15) is 27.7 Å². The highest BCUT2D eigenvalue weighted by molar-refractivity contribution is 5.78. The highest BCUT2D eigenvalue weighted by atomic mass is 15.2. The number of para-hydroxylation sites is 2. The summed E-state index contributed by atoms with van der Waals surface area (Å²) in [5, 5.41) is 3.52. The van der Waals surface area contributed by atoms with Gasteiger partial charge in [-0.15, -0.1) is 0 Å². The first-order valence-corrected chi connectivity index (χ1v) is 7.16. The molecule has 3 nitrogen and oxygen atoms in total. The van der Waals surface area contributed by atoms with Crippen molar-refractivity contribution >= 4 is 17.0 Å². The number of anilines is 1. The third-order valence-corrected chi connectivity index (χ3v) is 4.00. The summed E-state index contributed by atoms with van der Waals surface area (Å²) in [6.07, 6.45) is 0. The number of imidazole rings is 1. The molecule has 0 spiro atoms.